The number of hydrogen-bond donors (Lipinski definition) is 0. The number of aliphatic carboxylic acids is 3. The minimum atomic E-state index is -0.893. The van der Waals surface area contributed by atoms with E-state index in [1.807, 2.05) is 32.9 Å². The SMILES string of the molecule is CCCCC(CC)C(=O)[O-].CCCCC(CC)C(=O)[O-].CCCCC(CC)C(=O)[O-].[C-]1=CC=CC1.[Zr+4]. The normalized spacial score (nSPS) is 13.3. The maximum absolute atomic E-state index is 10.3. The molecule has 0 aromatic heterocycles. The summed E-state index contributed by atoms with van der Waals surface area (Å²) in [5, 5.41) is 31.0. The van der Waals surface area contributed by atoms with Gasteiger partial charge in [-0.15, -0.1) is 6.42 Å². The van der Waals surface area contributed by atoms with Gasteiger partial charge in [0.2, 0.25) is 0 Å². The fraction of sp³-hybridized carbons (Fsp3) is 0.759. The van der Waals surface area contributed by atoms with Gasteiger partial charge in [-0.3, -0.25) is 6.08 Å². The van der Waals surface area contributed by atoms with Gasteiger partial charge in [-0.1, -0.05) is 80.1 Å². The van der Waals surface area contributed by atoms with Crippen molar-refractivity contribution in [2.24, 2.45) is 17.8 Å². The summed E-state index contributed by atoms with van der Waals surface area (Å²) in [5.41, 5.74) is 0. The van der Waals surface area contributed by atoms with Crippen LogP contribution in [0.2, 0.25) is 0 Å². The molecule has 6 nitrogen and oxygen atoms in total. The van der Waals surface area contributed by atoms with Gasteiger partial charge in [0.25, 0.3) is 0 Å². The molecule has 1 rings (SSSR count). The molecule has 0 amide bonds. The predicted octanol–water partition coefficient (Wildman–Crippen LogP) is 4.16. The first-order chi connectivity index (χ1) is 16.7. The van der Waals surface area contributed by atoms with Crippen LogP contribution >= 0.6 is 0 Å². The Kier molecular flexibility index (Phi) is 37.0. The fourth-order valence-electron chi connectivity index (χ4n) is 3.16. The van der Waals surface area contributed by atoms with Crippen molar-refractivity contribution in [3.8, 4) is 0 Å². The average molecular weight is 586 g/mol. The molecule has 206 valence electrons. The van der Waals surface area contributed by atoms with Crippen molar-refractivity contribution >= 4 is 17.9 Å². The van der Waals surface area contributed by atoms with Crippen LogP contribution in [0.25, 0.3) is 0 Å². The molecule has 0 spiro atoms. The standard InChI is InChI=1S/3C8H16O2.C5H5.Zr/c3*1-3-5-6-7(4-2)8(9)10;1-2-4-5-3-1;/h3*7H,3-6H2,1-2H3,(H,9,10);1-3H,4H2;/q;;;-1;+4/p-3. The van der Waals surface area contributed by atoms with E-state index in [-0.39, 0.29) is 44.0 Å². The third-order valence-electron chi connectivity index (χ3n) is 5.78. The number of carbonyl (C=O) groups is 3. The second kappa shape index (κ2) is 31.8. The summed E-state index contributed by atoms with van der Waals surface area (Å²) >= 11 is 0. The molecule has 0 bridgehead atoms. The van der Waals surface area contributed by atoms with E-state index >= 15 is 0 Å². The summed E-state index contributed by atoms with van der Waals surface area (Å²) in [7, 11) is 0. The second-order valence-corrected chi connectivity index (χ2v) is 8.70. The Bertz CT molecular complexity index is 502. The molecule has 7 heteroatoms. The summed E-state index contributed by atoms with van der Waals surface area (Å²) < 4.78 is 0. The van der Waals surface area contributed by atoms with Crippen molar-refractivity contribution < 1.29 is 55.9 Å². The van der Waals surface area contributed by atoms with E-state index in [4.69, 9.17) is 0 Å². The van der Waals surface area contributed by atoms with Crippen LogP contribution in [0.4, 0.5) is 0 Å². The van der Waals surface area contributed by atoms with Gasteiger partial charge in [0.15, 0.2) is 0 Å². The van der Waals surface area contributed by atoms with Crippen LogP contribution in [-0.4, -0.2) is 17.9 Å². The number of unbranched alkanes of at least 4 members (excludes halogenated alkanes) is 3. The molecule has 36 heavy (non-hydrogen) atoms. The molecular formula is C29H50O6Zr. The van der Waals surface area contributed by atoms with Gasteiger partial charge in [0.05, 0.1) is 0 Å². The summed E-state index contributed by atoms with van der Waals surface area (Å²) in [6, 6.07) is 0. The minimum absolute atomic E-state index is 0. The Morgan fingerprint density at radius 1 is 0.667 bits per heavy atom. The number of rotatable bonds is 15. The summed E-state index contributed by atoms with van der Waals surface area (Å²) in [4.78, 5) is 31.0. The second-order valence-electron chi connectivity index (χ2n) is 8.70. The Hall–Kier alpha value is -1.23. The van der Waals surface area contributed by atoms with Gasteiger partial charge in [-0.2, -0.15) is 6.08 Å². The Morgan fingerprint density at radius 3 is 1.08 bits per heavy atom. The van der Waals surface area contributed by atoms with Gasteiger partial charge in [-0.05, 0) is 56.3 Å². The Balaban J connectivity index is -0.000000192. The molecule has 0 heterocycles. The van der Waals surface area contributed by atoms with Crippen LogP contribution < -0.4 is 15.3 Å². The Labute approximate surface area is 240 Å². The van der Waals surface area contributed by atoms with Crippen molar-refractivity contribution in [2.75, 3.05) is 0 Å². The summed E-state index contributed by atoms with van der Waals surface area (Å²) in [6.07, 6.45) is 20.6. The van der Waals surface area contributed by atoms with Crippen molar-refractivity contribution in [1.29, 1.82) is 0 Å². The number of carbonyl (C=O) groups excluding carboxylic acids is 3. The van der Waals surface area contributed by atoms with Crippen LogP contribution in [0.15, 0.2) is 18.2 Å². The summed E-state index contributed by atoms with van der Waals surface area (Å²) in [6.45, 7) is 11.8. The predicted molar refractivity (Wildman–Crippen MR) is 137 cm³/mol. The van der Waals surface area contributed by atoms with Crippen LogP contribution in [0, 0.1) is 23.8 Å². The molecule has 0 N–H and O–H groups in total. The zero-order chi connectivity index (χ0) is 27.5. The molecule has 0 aromatic carbocycles. The molecule has 3 atom stereocenters. The van der Waals surface area contributed by atoms with E-state index < -0.39 is 17.9 Å². The maximum Gasteiger partial charge on any atom is 4.00 e. The van der Waals surface area contributed by atoms with Crippen LogP contribution in [-0.2, 0) is 40.6 Å². The topological polar surface area (TPSA) is 120 Å². The average Bonchev–Trinajstić information content (AvgIpc) is 3.41. The first-order valence-electron chi connectivity index (χ1n) is 13.5. The van der Waals surface area contributed by atoms with E-state index in [0.717, 1.165) is 64.2 Å². The van der Waals surface area contributed by atoms with Gasteiger partial charge >= 0.3 is 26.2 Å². The van der Waals surface area contributed by atoms with Crippen LogP contribution in [0.3, 0.4) is 0 Å². The first-order valence-corrected chi connectivity index (χ1v) is 13.5. The van der Waals surface area contributed by atoms with Crippen molar-refractivity contribution in [2.45, 2.75) is 125 Å². The summed E-state index contributed by atoms with van der Waals surface area (Å²) in [5.74, 6) is -3.34. The molecular weight excluding hydrogens is 536 g/mol. The monoisotopic (exact) mass is 584 g/mol. The molecule has 0 saturated carbocycles. The maximum atomic E-state index is 10.3. The minimum Gasteiger partial charge on any atom is -0.550 e. The number of carboxylic acid groups (broad SMARTS) is 3. The van der Waals surface area contributed by atoms with Gasteiger partial charge in [0.1, 0.15) is 0 Å². The van der Waals surface area contributed by atoms with Crippen LogP contribution in [0.1, 0.15) is 125 Å². The largest absolute Gasteiger partial charge is 4.00 e. The quantitative estimate of drug-likeness (QED) is 0.266. The zero-order valence-electron chi connectivity index (χ0n) is 23.6. The van der Waals surface area contributed by atoms with Gasteiger partial charge in [0, 0.05) is 17.9 Å². The number of allylic oxidation sites excluding steroid dienone is 4. The van der Waals surface area contributed by atoms with E-state index in [1.165, 1.54) is 0 Å². The zero-order valence-corrected chi connectivity index (χ0v) is 26.1. The molecule has 0 aromatic rings. The molecule has 0 saturated heterocycles. The third kappa shape index (κ3) is 29.0. The number of hydrogen-bond acceptors (Lipinski definition) is 6. The van der Waals surface area contributed by atoms with E-state index in [0.29, 0.717) is 19.3 Å². The third-order valence-corrected chi connectivity index (χ3v) is 5.78. The number of carboxylic acids is 3. The molecule has 0 aliphatic heterocycles. The molecule has 0 radical (unpaired) electrons. The molecule has 3 unspecified atom stereocenters. The van der Waals surface area contributed by atoms with Crippen LogP contribution in [0.5, 0.6) is 0 Å². The Morgan fingerprint density at radius 2 is 0.972 bits per heavy atom. The van der Waals surface area contributed by atoms with Gasteiger partial charge in [-0.25, -0.2) is 12.2 Å². The molecule has 1 aliphatic carbocycles. The fourth-order valence-corrected chi connectivity index (χ4v) is 3.16. The van der Waals surface area contributed by atoms with E-state index in [1.54, 1.807) is 0 Å². The molecule has 0 fully saturated rings. The van der Waals surface area contributed by atoms with E-state index in [9.17, 15) is 29.7 Å². The smallest absolute Gasteiger partial charge is 0.550 e. The first kappa shape index (κ1) is 41.9. The molecule has 1 aliphatic rings. The van der Waals surface area contributed by atoms with E-state index in [2.05, 4.69) is 32.9 Å². The van der Waals surface area contributed by atoms with Crippen molar-refractivity contribution in [3.63, 3.8) is 0 Å². The van der Waals surface area contributed by atoms with Crippen molar-refractivity contribution in [3.05, 3.63) is 24.3 Å². The van der Waals surface area contributed by atoms with Gasteiger partial charge < -0.3 is 29.7 Å². The van der Waals surface area contributed by atoms with Crippen molar-refractivity contribution in [1.82, 2.24) is 0 Å².